The SMILES string of the molecule is CC(C)(C)C(=O)NCCNC(=O)COc1ccc(Cl)cc1Cl. The fourth-order valence-corrected chi connectivity index (χ4v) is 1.89. The fraction of sp³-hybridized carbons (Fsp3) is 0.467. The number of halogens is 2. The van der Waals surface area contributed by atoms with E-state index in [1.165, 1.54) is 0 Å². The van der Waals surface area contributed by atoms with Crippen LogP contribution in [0.2, 0.25) is 10.0 Å². The molecule has 5 nitrogen and oxygen atoms in total. The molecule has 0 fully saturated rings. The number of hydrogen-bond donors (Lipinski definition) is 2. The minimum Gasteiger partial charge on any atom is -0.482 e. The Morgan fingerprint density at radius 1 is 1.14 bits per heavy atom. The molecule has 1 aromatic rings. The third kappa shape index (κ3) is 6.54. The van der Waals surface area contributed by atoms with Gasteiger partial charge in [-0.15, -0.1) is 0 Å². The fourth-order valence-electron chi connectivity index (χ4n) is 1.43. The number of benzene rings is 1. The summed E-state index contributed by atoms with van der Waals surface area (Å²) in [5.41, 5.74) is -0.446. The standard InChI is InChI=1S/C15H20Cl2N2O3/c1-15(2,3)14(21)19-7-6-18-13(20)9-22-12-5-4-10(16)8-11(12)17/h4-5,8H,6-7,9H2,1-3H3,(H,18,20)(H,19,21). The van der Waals surface area contributed by atoms with E-state index in [0.29, 0.717) is 28.9 Å². The second kappa shape index (κ2) is 8.25. The zero-order valence-electron chi connectivity index (χ0n) is 12.8. The van der Waals surface area contributed by atoms with Gasteiger partial charge < -0.3 is 15.4 Å². The summed E-state index contributed by atoms with van der Waals surface area (Å²) in [4.78, 5) is 23.2. The van der Waals surface area contributed by atoms with E-state index >= 15 is 0 Å². The number of rotatable bonds is 6. The summed E-state index contributed by atoms with van der Waals surface area (Å²) >= 11 is 11.7. The molecule has 0 heterocycles. The molecule has 0 aliphatic carbocycles. The van der Waals surface area contributed by atoms with E-state index in [1.807, 2.05) is 20.8 Å². The summed E-state index contributed by atoms with van der Waals surface area (Å²) in [5.74, 6) is 0.0317. The van der Waals surface area contributed by atoms with Crippen molar-refractivity contribution in [1.29, 1.82) is 0 Å². The van der Waals surface area contributed by atoms with E-state index < -0.39 is 5.41 Å². The van der Waals surface area contributed by atoms with Crippen LogP contribution >= 0.6 is 23.2 Å². The molecule has 0 saturated heterocycles. The zero-order chi connectivity index (χ0) is 16.8. The van der Waals surface area contributed by atoms with Gasteiger partial charge in [0.15, 0.2) is 6.61 Å². The first-order valence-electron chi connectivity index (χ1n) is 6.83. The Morgan fingerprint density at radius 2 is 1.77 bits per heavy atom. The normalized spacial score (nSPS) is 11.0. The highest BCUT2D eigenvalue weighted by Gasteiger charge is 2.20. The topological polar surface area (TPSA) is 67.4 Å². The van der Waals surface area contributed by atoms with Gasteiger partial charge in [-0.1, -0.05) is 44.0 Å². The predicted molar refractivity (Wildman–Crippen MR) is 87.4 cm³/mol. The lowest BCUT2D eigenvalue weighted by Crippen LogP contribution is -2.40. The summed E-state index contributed by atoms with van der Waals surface area (Å²) in [7, 11) is 0. The van der Waals surface area contributed by atoms with Gasteiger partial charge in [0.2, 0.25) is 5.91 Å². The summed E-state index contributed by atoms with van der Waals surface area (Å²) in [5, 5.41) is 6.22. The van der Waals surface area contributed by atoms with Crippen molar-refractivity contribution in [3.63, 3.8) is 0 Å². The van der Waals surface area contributed by atoms with Gasteiger partial charge in [-0.2, -0.15) is 0 Å². The van der Waals surface area contributed by atoms with Crippen LogP contribution in [0.1, 0.15) is 20.8 Å². The Kier molecular flexibility index (Phi) is 6.97. The largest absolute Gasteiger partial charge is 0.482 e. The van der Waals surface area contributed by atoms with Crippen molar-refractivity contribution in [2.75, 3.05) is 19.7 Å². The second-order valence-electron chi connectivity index (χ2n) is 5.72. The third-order valence-corrected chi connectivity index (χ3v) is 3.20. The van der Waals surface area contributed by atoms with Crippen LogP contribution in [-0.2, 0) is 9.59 Å². The maximum atomic E-state index is 11.6. The smallest absolute Gasteiger partial charge is 0.258 e. The van der Waals surface area contributed by atoms with Crippen LogP contribution in [-0.4, -0.2) is 31.5 Å². The molecule has 0 aromatic heterocycles. The van der Waals surface area contributed by atoms with Gasteiger partial charge in [-0.25, -0.2) is 0 Å². The molecular weight excluding hydrogens is 327 g/mol. The van der Waals surface area contributed by atoms with E-state index in [9.17, 15) is 9.59 Å². The molecule has 0 saturated carbocycles. The predicted octanol–water partition coefficient (Wildman–Crippen LogP) is 2.65. The highest BCUT2D eigenvalue weighted by molar-refractivity contribution is 6.35. The Balaban J connectivity index is 2.25. The van der Waals surface area contributed by atoms with Crippen molar-refractivity contribution in [2.24, 2.45) is 5.41 Å². The maximum absolute atomic E-state index is 11.6. The highest BCUT2D eigenvalue weighted by atomic mass is 35.5. The summed E-state index contributed by atoms with van der Waals surface area (Å²) in [6.07, 6.45) is 0. The van der Waals surface area contributed by atoms with Gasteiger partial charge >= 0.3 is 0 Å². The molecular formula is C15H20Cl2N2O3. The molecule has 0 bridgehead atoms. The van der Waals surface area contributed by atoms with Crippen LogP contribution in [0.25, 0.3) is 0 Å². The number of amides is 2. The molecule has 1 rings (SSSR count). The van der Waals surface area contributed by atoms with Crippen molar-refractivity contribution in [3.05, 3.63) is 28.2 Å². The van der Waals surface area contributed by atoms with E-state index in [4.69, 9.17) is 27.9 Å². The third-order valence-electron chi connectivity index (χ3n) is 2.67. The van der Waals surface area contributed by atoms with Gasteiger partial charge in [0.05, 0.1) is 5.02 Å². The lowest BCUT2D eigenvalue weighted by atomic mass is 9.96. The van der Waals surface area contributed by atoms with Gasteiger partial charge in [0, 0.05) is 23.5 Å². The summed E-state index contributed by atoms with van der Waals surface area (Å²) in [6.45, 7) is 6.01. The van der Waals surface area contributed by atoms with E-state index in [0.717, 1.165) is 0 Å². The van der Waals surface area contributed by atoms with Gasteiger partial charge in [0.25, 0.3) is 5.91 Å². The Morgan fingerprint density at radius 3 is 2.36 bits per heavy atom. The summed E-state index contributed by atoms with van der Waals surface area (Å²) < 4.78 is 5.30. The number of carbonyl (C=O) groups excluding carboxylic acids is 2. The van der Waals surface area contributed by atoms with Crippen molar-refractivity contribution in [2.45, 2.75) is 20.8 Å². The minimum absolute atomic E-state index is 0.0639. The lowest BCUT2D eigenvalue weighted by molar-refractivity contribution is -0.128. The Bertz CT molecular complexity index is 542. The molecule has 2 N–H and O–H groups in total. The van der Waals surface area contributed by atoms with Crippen LogP contribution in [0.4, 0.5) is 0 Å². The Hall–Kier alpha value is -1.46. The van der Waals surface area contributed by atoms with E-state index in [-0.39, 0.29) is 18.4 Å². The van der Waals surface area contributed by atoms with Gasteiger partial charge in [-0.3, -0.25) is 9.59 Å². The monoisotopic (exact) mass is 346 g/mol. The van der Waals surface area contributed by atoms with Crippen LogP contribution in [0.3, 0.4) is 0 Å². The highest BCUT2D eigenvalue weighted by Crippen LogP contribution is 2.27. The van der Waals surface area contributed by atoms with E-state index in [1.54, 1.807) is 18.2 Å². The maximum Gasteiger partial charge on any atom is 0.258 e. The molecule has 7 heteroatoms. The van der Waals surface area contributed by atoms with Crippen molar-refractivity contribution in [1.82, 2.24) is 10.6 Å². The summed E-state index contributed by atoms with van der Waals surface area (Å²) in [6, 6.07) is 4.77. The minimum atomic E-state index is -0.446. The molecule has 2 amide bonds. The first kappa shape index (κ1) is 18.6. The van der Waals surface area contributed by atoms with Gasteiger partial charge in [-0.05, 0) is 18.2 Å². The lowest BCUT2D eigenvalue weighted by Gasteiger charge is -2.17. The van der Waals surface area contributed by atoms with Crippen molar-refractivity contribution < 1.29 is 14.3 Å². The van der Waals surface area contributed by atoms with Crippen LogP contribution in [0.5, 0.6) is 5.75 Å². The molecule has 0 unspecified atom stereocenters. The van der Waals surface area contributed by atoms with Gasteiger partial charge in [0.1, 0.15) is 5.75 Å². The number of hydrogen-bond acceptors (Lipinski definition) is 3. The van der Waals surface area contributed by atoms with Crippen LogP contribution in [0.15, 0.2) is 18.2 Å². The number of ether oxygens (including phenoxy) is 1. The van der Waals surface area contributed by atoms with E-state index in [2.05, 4.69) is 10.6 Å². The first-order chi connectivity index (χ1) is 10.2. The average Bonchev–Trinajstić information content (AvgIpc) is 2.41. The molecule has 22 heavy (non-hydrogen) atoms. The Labute approximate surface area is 140 Å². The average molecular weight is 347 g/mol. The molecule has 1 aromatic carbocycles. The molecule has 0 radical (unpaired) electrons. The zero-order valence-corrected chi connectivity index (χ0v) is 14.3. The van der Waals surface area contributed by atoms with Crippen molar-refractivity contribution in [3.8, 4) is 5.75 Å². The number of carbonyl (C=O) groups is 2. The molecule has 0 spiro atoms. The van der Waals surface area contributed by atoms with Crippen LogP contribution in [0, 0.1) is 5.41 Å². The molecule has 0 atom stereocenters. The second-order valence-corrected chi connectivity index (χ2v) is 6.56. The molecule has 0 aliphatic heterocycles. The molecule has 0 aliphatic rings. The van der Waals surface area contributed by atoms with Crippen LogP contribution < -0.4 is 15.4 Å². The number of nitrogens with one attached hydrogen (secondary N) is 2. The van der Waals surface area contributed by atoms with Crippen molar-refractivity contribution >= 4 is 35.0 Å². The first-order valence-corrected chi connectivity index (χ1v) is 7.58. The molecule has 122 valence electrons. The quantitative estimate of drug-likeness (QED) is 0.778.